The third-order valence-electron chi connectivity index (χ3n) is 2.46. The Balaban J connectivity index is 2.29. The molecular weight excluding hydrogens is 242 g/mol. The molecule has 0 aromatic carbocycles. The van der Waals surface area contributed by atoms with Gasteiger partial charge in [0.05, 0.1) is 15.1 Å². The van der Waals surface area contributed by atoms with Gasteiger partial charge in [-0.1, -0.05) is 6.92 Å². The third-order valence-corrected chi connectivity index (χ3v) is 2.82. The standard InChI is InChI=1S/C10H14BrN3/c1-8-3-2-4-14(7-8)10-6-12-5-9(11)13-10/h5-6,8H,2-4,7H2,1H3/i5D,6D. The van der Waals surface area contributed by atoms with Crippen LogP contribution in [0.3, 0.4) is 0 Å². The first-order chi connectivity index (χ1) is 7.58. The van der Waals surface area contributed by atoms with E-state index in [-0.39, 0.29) is 12.3 Å². The van der Waals surface area contributed by atoms with Crippen molar-refractivity contribution >= 4 is 21.7 Å². The molecule has 76 valence electrons. The van der Waals surface area contributed by atoms with Crippen molar-refractivity contribution in [3.63, 3.8) is 0 Å². The molecule has 1 aliphatic heterocycles. The van der Waals surface area contributed by atoms with Crippen LogP contribution in [-0.4, -0.2) is 23.1 Å². The Morgan fingerprint density at radius 2 is 2.50 bits per heavy atom. The van der Waals surface area contributed by atoms with Crippen LogP contribution in [0.1, 0.15) is 22.5 Å². The number of hydrogen-bond acceptors (Lipinski definition) is 3. The molecule has 1 aromatic heterocycles. The Kier molecular flexibility index (Phi) is 2.32. The summed E-state index contributed by atoms with van der Waals surface area (Å²) in [6.45, 7) is 4.05. The van der Waals surface area contributed by atoms with Gasteiger partial charge in [-0.2, -0.15) is 0 Å². The molecule has 1 atom stereocenters. The average Bonchev–Trinajstić information content (AvgIpc) is 2.23. The molecule has 0 amide bonds. The predicted octanol–water partition coefficient (Wildman–Crippen LogP) is 2.48. The summed E-state index contributed by atoms with van der Waals surface area (Å²) in [5.74, 6) is 1.22. The number of anilines is 1. The fourth-order valence-corrected chi connectivity index (χ4v) is 2.05. The summed E-state index contributed by atoms with van der Waals surface area (Å²) in [5, 5.41) is 0. The summed E-state index contributed by atoms with van der Waals surface area (Å²) in [6, 6.07) is 0. The molecule has 0 N–H and O–H groups in total. The van der Waals surface area contributed by atoms with Crippen molar-refractivity contribution in [3.8, 4) is 0 Å². The molecule has 2 heterocycles. The lowest BCUT2D eigenvalue weighted by Gasteiger charge is -2.31. The van der Waals surface area contributed by atoms with Crippen molar-refractivity contribution in [3.05, 3.63) is 16.9 Å². The minimum absolute atomic E-state index is 0.0267. The molecular formula is C10H14BrN3. The molecule has 0 bridgehead atoms. The molecule has 1 unspecified atom stereocenters. The number of nitrogens with zero attached hydrogens (tertiary/aromatic N) is 3. The van der Waals surface area contributed by atoms with Crippen molar-refractivity contribution in [2.75, 3.05) is 18.0 Å². The Morgan fingerprint density at radius 3 is 3.29 bits per heavy atom. The van der Waals surface area contributed by atoms with Gasteiger partial charge in [0.1, 0.15) is 10.4 Å². The molecule has 2 rings (SSSR count). The fraction of sp³-hybridized carbons (Fsp3) is 0.600. The van der Waals surface area contributed by atoms with Crippen LogP contribution in [0.2, 0.25) is 0 Å². The maximum Gasteiger partial charge on any atom is 0.148 e. The Bertz CT molecular complexity index is 400. The SMILES string of the molecule is [2H]c1nc([2H])c(N2CCCC(C)C2)nc1Br. The first kappa shape index (κ1) is 7.63. The van der Waals surface area contributed by atoms with Crippen molar-refractivity contribution in [1.82, 2.24) is 9.97 Å². The molecule has 1 saturated heterocycles. The van der Waals surface area contributed by atoms with Gasteiger partial charge in [0.2, 0.25) is 0 Å². The largest absolute Gasteiger partial charge is 0.355 e. The number of halogens is 1. The van der Waals surface area contributed by atoms with Crippen LogP contribution in [0.4, 0.5) is 5.82 Å². The molecule has 1 aliphatic rings. The molecule has 0 saturated carbocycles. The highest BCUT2D eigenvalue weighted by atomic mass is 79.9. The highest BCUT2D eigenvalue weighted by molar-refractivity contribution is 9.10. The molecule has 0 aliphatic carbocycles. The van der Waals surface area contributed by atoms with Crippen LogP contribution < -0.4 is 4.90 Å². The molecule has 4 heteroatoms. The predicted molar refractivity (Wildman–Crippen MR) is 60.3 cm³/mol. The zero-order valence-corrected chi connectivity index (χ0v) is 9.71. The molecule has 0 radical (unpaired) electrons. The zero-order valence-electron chi connectivity index (χ0n) is 10.1. The van der Waals surface area contributed by atoms with Crippen molar-refractivity contribution in [1.29, 1.82) is 0 Å². The highest BCUT2D eigenvalue weighted by Gasteiger charge is 2.17. The van der Waals surface area contributed by atoms with Crippen molar-refractivity contribution < 1.29 is 2.74 Å². The summed E-state index contributed by atoms with van der Waals surface area (Å²) in [5.41, 5.74) is 0. The second kappa shape index (κ2) is 4.26. The monoisotopic (exact) mass is 257 g/mol. The maximum atomic E-state index is 7.75. The van der Waals surface area contributed by atoms with Gasteiger partial charge >= 0.3 is 0 Å². The van der Waals surface area contributed by atoms with E-state index in [9.17, 15) is 0 Å². The maximum absolute atomic E-state index is 7.75. The average molecular weight is 258 g/mol. The van der Waals surface area contributed by atoms with Crippen molar-refractivity contribution in [2.45, 2.75) is 19.8 Å². The van der Waals surface area contributed by atoms with Gasteiger partial charge in [0.15, 0.2) is 0 Å². The first-order valence-corrected chi connectivity index (χ1v) is 5.63. The molecule has 0 spiro atoms. The van der Waals surface area contributed by atoms with Crippen LogP contribution in [0.25, 0.3) is 0 Å². The summed E-state index contributed by atoms with van der Waals surface area (Å²) in [7, 11) is 0. The Morgan fingerprint density at radius 1 is 1.64 bits per heavy atom. The third kappa shape index (κ3) is 2.23. The van der Waals surface area contributed by atoms with Gasteiger partial charge < -0.3 is 4.90 Å². The summed E-state index contributed by atoms with van der Waals surface area (Å²) in [4.78, 5) is 10.2. The number of piperidine rings is 1. The molecule has 1 fully saturated rings. The molecule has 14 heavy (non-hydrogen) atoms. The minimum atomic E-state index is 0.0267. The lowest BCUT2D eigenvalue weighted by molar-refractivity contribution is 0.444. The number of aromatic nitrogens is 2. The van der Waals surface area contributed by atoms with E-state index in [0.29, 0.717) is 16.3 Å². The highest BCUT2D eigenvalue weighted by Crippen LogP contribution is 2.21. The van der Waals surface area contributed by atoms with Gasteiger partial charge in [0, 0.05) is 13.1 Å². The van der Waals surface area contributed by atoms with Gasteiger partial charge in [-0.3, -0.25) is 4.98 Å². The van der Waals surface area contributed by atoms with Crippen LogP contribution in [0.5, 0.6) is 0 Å². The van der Waals surface area contributed by atoms with E-state index in [1.807, 2.05) is 0 Å². The Labute approximate surface area is 95.5 Å². The zero-order chi connectivity index (χ0) is 11.7. The summed E-state index contributed by atoms with van der Waals surface area (Å²) >= 11 is 3.19. The van der Waals surface area contributed by atoms with Crippen LogP contribution in [0, 0.1) is 5.92 Å². The van der Waals surface area contributed by atoms with E-state index in [2.05, 4.69) is 37.7 Å². The molecule has 3 nitrogen and oxygen atoms in total. The smallest absolute Gasteiger partial charge is 0.148 e. The van der Waals surface area contributed by atoms with E-state index in [1.165, 1.54) is 6.42 Å². The summed E-state index contributed by atoms with van der Waals surface area (Å²) in [6.07, 6.45) is 2.48. The lowest BCUT2D eigenvalue weighted by atomic mass is 10.0. The minimum Gasteiger partial charge on any atom is -0.355 e. The second-order valence-electron chi connectivity index (χ2n) is 3.76. The fourth-order valence-electron chi connectivity index (χ4n) is 1.79. The number of rotatable bonds is 1. The van der Waals surface area contributed by atoms with E-state index in [1.54, 1.807) is 0 Å². The van der Waals surface area contributed by atoms with Crippen molar-refractivity contribution in [2.24, 2.45) is 5.92 Å². The van der Waals surface area contributed by atoms with Crippen LogP contribution in [0.15, 0.2) is 16.9 Å². The van der Waals surface area contributed by atoms with Gasteiger partial charge in [-0.15, -0.1) is 0 Å². The van der Waals surface area contributed by atoms with Gasteiger partial charge in [0.25, 0.3) is 0 Å². The normalized spacial score (nSPS) is 24.4. The topological polar surface area (TPSA) is 29.0 Å². The first-order valence-electron chi connectivity index (χ1n) is 5.83. The van der Waals surface area contributed by atoms with E-state index in [0.717, 1.165) is 19.5 Å². The van der Waals surface area contributed by atoms with Gasteiger partial charge in [-0.05, 0) is 34.7 Å². The quantitative estimate of drug-likeness (QED) is 0.774. The van der Waals surface area contributed by atoms with E-state index in [4.69, 9.17) is 2.74 Å². The van der Waals surface area contributed by atoms with E-state index < -0.39 is 0 Å². The van der Waals surface area contributed by atoms with Crippen LogP contribution in [-0.2, 0) is 0 Å². The lowest BCUT2D eigenvalue weighted by Crippen LogP contribution is -2.34. The molecule has 1 aromatic rings. The summed E-state index contributed by atoms with van der Waals surface area (Å²) < 4.78 is 15.6. The van der Waals surface area contributed by atoms with Crippen LogP contribution >= 0.6 is 15.9 Å². The van der Waals surface area contributed by atoms with E-state index >= 15 is 0 Å². The Hall–Kier alpha value is -0.640. The number of hydrogen-bond donors (Lipinski definition) is 0. The second-order valence-corrected chi connectivity index (χ2v) is 4.51. The van der Waals surface area contributed by atoms with Gasteiger partial charge in [-0.25, -0.2) is 4.98 Å².